The quantitative estimate of drug-likeness (QED) is 0.759. The molecule has 1 fully saturated rings. The molecule has 0 radical (unpaired) electrons. The number of hydrogen-bond acceptors (Lipinski definition) is 4. The van der Waals surface area contributed by atoms with Crippen molar-refractivity contribution in [2.24, 2.45) is 0 Å². The number of alkyl halides is 3. The molecule has 1 saturated heterocycles. The number of nitrogens with one attached hydrogen (secondary N) is 1. The van der Waals surface area contributed by atoms with E-state index in [4.69, 9.17) is 0 Å². The average Bonchev–Trinajstić information content (AvgIpc) is 2.76. The molecule has 1 aliphatic rings. The van der Waals surface area contributed by atoms with Crippen LogP contribution in [0.4, 0.5) is 19.0 Å². The lowest BCUT2D eigenvalue weighted by Gasteiger charge is -2.35. The van der Waals surface area contributed by atoms with Crippen molar-refractivity contribution in [3.8, 4) is 0 Å². The molecular formula is C21H21F3N4O2. The summed E-state index contributed by atoms with van der Waals surface area (Å²) in [6.45, 7) is 1.59. The second-order valence-electron chi connectivity index (χ2n) is 6.73. The van der Waals surface area contributed by atoms with E-state index < -0.39 is 11.7 Å². The lowest BCUT2D eigenvalue weighted by atomic mass is 10.2. The summed E-state index contributed by atoms with van der Waals surface area (Å²) in [5.41, 5.74) is 0.0871. The van der Waals surface area contributed by atoms with Gasteiger partial charge in [0.15, 0.2) is 0 Å². The van der Waals surface area contributed by atoms with Crippen LogP contribution >= 0.6 is 0 Å². The standard InChI is InChI=1S/C21H21F3N4O2/c22-21(23,24)17-7-8-18(25-14-17)27-10-12-28(13-11-27)20(30)15-26-19(29)9-6-16-4-2-1-3-5-16/h1-9,14H,10-13,15H2,(H,26,29)/b9-6+. The van der Waals surface area contributed by atoms with E-state index in [1.165, 1.54) is 12.1 Å². The molecule has 1 aliphatic heterocycles. The van der Waals surface area contributed by atoms with Gasteiger partial charge in [0.25, 0.3) is 0 Å². The van der Waals surface area contributed by atoms with E-state index in [0.717, 1.165) is 17.8 Å². The molecule has 0 spiro atoms. The SMILES string of the molecule is O=C(/C=C/c1ccccc1)NCC(=O)N1CCN(c2ccc(C(F)(F)F)cn2)CC1. The third kappa shape index (κ3) is 5.82. The van der Waals surface area contributed by atoms with Crippen molar-refractivity contribution in [2.75, 3.05) is 37.6 Å². The normalized spacial score (nSPS) is 14.8. The minimum atomic E-state index is -4.42. The number of carbonyl (C=O) groups is 2. The Morgan fingerprint density at radius 2 is 1.73 bits per heavy atom. The lowest BCUT2D eigenvalue weighted by molar-refractivity contribution is -0.137. The van der Waals surface area contributed by atoms with Gasteiger partial charge in [0, 0.05) is 38.5 Å². The third-order valence-corrected chi connectivity index (χ3v) is 4.67. The topological polar surface area (TPSA) is 65.5 Å². The van der Waals surface area contributed by atoms with E-state index in [1.807, 2.05) is 35.2 Å². The van der Waals surface area contributed by atoms with Crippen LogP contribution in [0.1, 0.15) is 11.1 Å². The number of hydrogen-bond donors (Lipinski definition) is 1. The van der Waals surface area contributed by atoms with Crippen LogP contribution in [-0.2, 0) is 15.8 Å². The molecule has 0 bridgehead atoms. The number of nitrogens with zero attached hydrogens (tertiary/aromatic N) is 3. The van der Waals surface area contributed by atoms with E-state index in [1.54, 1.807) is 11.0 Å². The van der Waals surface area contributed by atoms with Gasteiger partial charge in [-0.15, -0.1) is 0 Å². The van der Waals surface area contributed by atoms with E-state index in [9.17, 15) is 22.8 Å². The van der Waals surface area contributed by atoms with Crippen LogP contribution in [0, 0.1) is 0 Å². The summed E-state index contributed by atoms with van der Waals surface area (Å²) in [5, 5.41) is 2.56. The van der Waals surface area contributed by atoms with Crippen molar-refractivity contribution in [2.45, 2.75) is 6.18 Å². The van der Waals surface area contributed by atoms with Crippen LogP contribution in [0.5, 0.6) is 0 Å². The van der Waals surface area contributed by atoms with Gasteiger partial charge >= 0.3 is 6.18 Å². The molecule has 1 N–H and O–H groups in total. The number of pyridine rings is 1. The molecule has 6 nitrogen and oxygen atoms in total. The van der Waals surface area contributed by atoms with Crippen LogP contribution in [0.2, 0.25) is 0 Å². The van der Waals surface area contributed by atoms with Gasteiger partial charge in [-0.1, -0.05) is 30.3 Å². The number of rotatable bonds is 5. The fourth-order valence-corrected chi connectivity index (χ4v) is 3.00. The lowest BCUT2D eigenvalue weighted by Crippen LogP contribution is -2.51. The second kappa shape index (κ2) is 9.43. The first-order chi connectivity index (χ1) is 14.3. The molecule has 2 aromatic rings. The van der Waals surface area contributed by atoms with E-state index >= 15 is 0 Å². The number of carbonyl (C=O) groups excluding carboxylic acids is 2. The molecule has 0 unspecified atom stereocenters. The molecule has 1 aromatic heterocycles. The van der Waals surface area contributed by atoms with E-state index in [0.29, 0.717) is 32.0 Å². The van der Waals surface area contributed by atoms with Crippen molar-refractivity contribution in [1.29, 1.82) is 0 Å². The summed E-state index contributed by atoms with van der Waals surface area (Å²) < 4.78 is 37.9. The number of halogens is 3. The Morgan fingerprint density at radius 3 is 2.33 bits per heavy atom. The van der Waals surface area contributed by atoms with Crippen molar-refractivity contribution >= 4 is 23.7 Å². The van der Waals surface area contributed by atoms with Crippen LogP contribution < -0.4 is 10.2 Å². The van der Waals surface area contributed by atoms with Crippen LogP contribution in [0.15, 0.2) is 54.7 Å². The first-order valence-electron chi connectivity index (χ1n) is 9.40. The maximum atomic E-state index is 12.6. The fraction of sp³-hybridized carbons (Fsp3) is 0.286. The molecule has 30 heavy (non-hydrogen) atoms. The predicted molar refractivity (Wildman–Crippen MR) is 107 cm³/mol. The number of amides is 2. The molecule has 0 atom stereocenters. The average molecular weight is 418 g/mol. The van der Waals surface area contributed by atoms with Gasteiger partial charge < -0.3 is 15.1 Å². The van der Waals surface area contributed by atoms with Gasteiger partial charge in [-0.3, -0.25) is 9.59 Å². The zero-order chi connectivity index (χ0) is 21.6. The largest absolute Gasteiger partial charge is 0.417 e. The molecule has 1 aromatic carbocycles. The second-order valence-corrected chi connectivity index (χ2v) is 6.73. The van der Waals surface area contributed by atoms with Gasteiger partial charge in [-0.25, -0.2) is 4.98 Å². The Bertz CT molecular complexity index is 891. The highest BCUT2D eigenvalue weighted by molar-refractivity contribution is 5.94. The van der Waals surface area contributed by atoms with Crippen molar-refractivity contribution in [1.82, 2.24) is 15.2 Å². The van der Waals surface area contributed by atoms with Gasteiger partial charge in [0.1, 0.15) is 5.82 Å². The Labute approximate surface area is 172 Å². The Morgan fingerprint density at radius 1 is 1.03 bits per heavy atom. The van der Waals surface area contributed by atoms with Crippen LogP contribution in [0.3, 0.4) is 0 Å². The number of piperazine rings is 1. The van der Waals surface area contributed by atoms with Crippen molar-refractivity contribution in [3.63, 3.8) is 0 Å². The van der Waals surface area contributed by atoms with E-state index in [2.05, 4.69) is 10.3 Å². The third-order valence-electron chi connectivity index (χ3n) is 4.67. The Hall–Kier alpha value is -3.36. The van der Waals surface area contributed by atoms with Crippen molar-refractivity contribution in [3.05, 3.63) is 65.9 Å². The Balaban J connectivity index is 1.44. The zero-order valence-corrected chi connectivity index (χ0v) is 16.1. The predicted octanol–water partition coefficient (Wildman–Crippen LogP) is 2.58. The zero-order valence-electron chi connectivity index (χ0n) is 16.1. The molecule has 2 heterocycles. The summed E-state index contributed by atoms with van der Waals surface area (Å²) in [6.07, 6.45) is -0.574. The molecule has 3 rings (SSSR count). The highest BCUT2D eigenvalue weighted by Gasteiger charge is 2.31. The summed E-state index contributed by atoms with van der Waals surface area (Å²) in [4.78, 5) is 31.5. The van der Waals surface area contributed by atoms with Crippen LogP contribution in [0.25, 0.3) is 6.08 Å². The summed E-state index contributed by atoms with van der Waals surface area (Å²) >= 11 is 0. The summed E-state index contributed by atoms with van der Waals surface area (Å²) in [6, 6.07) is 11.7. The molecule has 158 valence electrons. The Kier molecular flexibility index (Phi) is 6.71. The molecule has 0 aliphatic carbocycles. The molecule has 2 amide bonds. The summed E-state index contributed by atoms with van der Waals surface area (Å²) in [7, 11) is 0. The number of aromatic nitrogens is 1. The van der Waals surface area contributed by atoms with Crippen LogP contribution in [-0.4, -0.2) is 54.4 Å². The van der Waals surface area contributed by atoms with Gasteiger partial charge in [-0.2, -0.15) is 13.2 Å². The first-order valence-corrected chi connectivity index (χ1v) is 9.40. The van der Waals surface area contributed by atoms with Gasteiger partial charge in [-0.05, 0) is 23.8 Å². The highest BCUT2D eigenvalue weighted by atomic mass is 19.4. The van der Waals surface area contributed by atoms with Gasteiger partial charge in [0.2, 0.25) is 11.8 Å². The van der Waals surface area contributed by atoms with Gasteiger partial charge in [0.05, 0.1) is 12.1 Å². The monoisotopic (exact) mass is 418 g/mol. The molecular weight excluding hydrogens is 397 g/mol. The van der Waals surface area contributed by atoms with Crippen molar-refractivity contribution < 1.29 is 22.8 Å². The number of benzene rings is 1. The first kappa shape index (κ1) is 21.4. The fourth-order valence-electron chi connectivity index (χ4n) is 3.00. The maximum Gasteiger partial charge on any atom is 0.417 e. The number of anilines is 1. The van der Waals surface area contributed by atoms with E-state index in [-0.39, 0.29) is 18.4 Å². The maximum absolute atomic E-state index is 12.6. The summed E-state index contributed by atoms with van der Waals surface area (Å²) in [5.74, 6) is -0.134. The minimum absolute atomic E-state index is 0.115. The molecule has 9 heteroatoms. The smallest absolute Gasteiger partial charge is 0.353 e. The highest BCUT2D eigenvalue weighted by Crippen LogP contribution is 2.29. The minimum Gasteiger partial charge on any atom is -0.353 e. The molecule has 0 saturated carbocycles.